The predicted molar refractivity (Wildman–Crippen MR) is 134 cm³/mol. The molecular weight excluding hydrogens is 545 g/mol. The summed E-state index contributed by atoms with van der Waals surface area (Å²) < 4.78 is 16.6. The highest BCUT2D eigenvalue weighted by atomic mass is 127. The van der Waals surface area contributed by atoms with Crippen LogP contribution in [0.4, 0.5) is 5.69 Å². The number of halogens is 2. The molecule has 2 heterocycles. The Labute approximate surface area is 208 Å². The van der Waals surface area contributed by atoms with Crippen LogP contribution in [0.15, 0.2) is 52.0 Å². The van der Waals surface area contributed by atoms with Crippen molar-refractivity contribution < 1.29 is 14.0 Å². The number of hydrogen-bond acceptors (Lipinski definition) is 6. The molecule has 1 aliphatic heterocycles. The second-order valence-corrected chi connectivity index (χ2v) is 7.48. The maximum absolute atomic E-state index is 6.08. The van der Waals surface area contributed by atoms with Crippen molar-refractivity contribution >= 4 is 47.2 Å². The first-order valence-electron chi connectivity index (χ1n) is 10.1. The van der Waals surface area contributed by atoms with Crippen molar-refractivity contribution in [3.63, 3.8) is 0 Å². The molecule has 0 aliphatic carbocycles. The van der Waals surface area contributed by atoms with Gasteiger partial charge in [0.25, 0.3) is 0 Å². The fourth-order valence-corrected chi connectivity index (χ4v) is 3.30. The summed E-state index contributed by atoms with van der Waals surface area (Å²) >= 11 is 6.08. The standard InChI is InChI=1S/C22H24ClN5O3.HI/c1-15-26-21(31-28-15)14-25-22(24-9-8-16-4-2-5-17(23)12-16)27-18-6-7-19-20(13-18)30-11-3-10-29-19;/h2,4-7,12-13H,3,8-11,14H2,1H3,(H2,24,25,27);1H. The topological polar surface area (TPSA) is 93.8 Å². The lowest BCUT2D eigenvalue weighted by molar-refractivity contribution is 0.297. The molecule has 3 aromatic rings. The van der Waals surface area contributed by atoms with Crippen LogP contribution in [0, 0.1) is 6.92 Å². The molecule has 1 aromatic heterocycles. The van der Waals surface area contributed by atoms with Crippen LogP contribution in [-0.4, -0.2) is 35.9 Å². The minimum Gasteiger partial charge on any atom is -0.490 e. The van der Waals surface area contributed by atoms with E-state index in [0.29, 0.717) is 43.2 Å². The highest BCUT2D eigenvalue weighted by molar-refractivity contribution is 14.0. The number of nitrogens with one attached hydrogen (secondary N) is 2. The summed E-state index contributed by atoms with van der Waals surface area (Å²) in [5.41, 5.74) is 1.97. The lowest BCUT2D eigenvalue weighted by Crippen LogP contribution is -2.32. The predicted octanol–water partition coefficient (Wildman–Crippen LogP) is 4.61. The zero-order valence-electron chi connectivity index (χ0n) is 17.6. The van der Waals surface area contributed by atoms with Crippen LogP contribution in [0.3, 0.4) is 0 Å². The van der Waals surface area contributed by atoms with E-state index < -0.39 is 0 Å². The van der Waals surface area contributed by atoms with E-state index in [4.69, 9.17) is 25.6 Å². The van der Waals surface area contributed by atoms with E-state index in [9.17, 15) is 0 Å². The number of nitrogens with zero attached hydrogens (tertiary/aromatic N) is 3. The minimum absolute atomic E-state index is 0. The first-order valence-corrected chi connectivity index (χ1v) is 10.5. The van der Waals surface area contributed by atoms with Crippen LogP contribution < -0.4 is 20.1 Å². The van der Waals surface area contributed by atoms with E-state index in [1.54, 1.807) is 6.92 Å². The van der Waals surface area contributed by atoms with Gasteiger partial charge in [-0.15, -0.1) is 24.0 Å². The minimum atomic E-state index is 0. The SMILES string of the molecule is Cc1noc(CN=C(NCCc2cccc(Cl)c2)Nc2ccc3c(c2)OCCCO3)n1.I. The molecule has 2 N–H and O–H groups in total. The van der Waals surface area contributed by atoms with Gasteiger partial charge in [0, 0.05) is 29.7 Å². The van der Waals surface area contributed by atoms with Gasteiger partial charge in [0.1, 0.15) is 6.54 Å². The van der Waals surface area contributed by atoms with Gasteiger partial charge in [0.15, 0.2) is 23.3 Å². The van der Waals surface area contributed by atoms with Gasteiger partial charge in [-0.1, -0.05) is 28.9 Å². The average molecular weight is 570 g/mol. The molecule has 32 heavy (non-hydrogen) atoms. The number of fused-ring (bicyclic) bond motifs is 1. The van der Waals surface area contributed by atoms with Gasteiger partial charge in [-0.05, 0) is 43.2 Å². The normalized spacial score (nSPS) is 13.1. The zero-order valence-corrected chi connectivity index (χ0v) is 20.7. The quantitative estimate of drug-likeness (QED) is 0.254. The van der Waals surface area contributed by atoms with Crippen molar-refractivity contribution in [2.45, 2.75) is 26.3 Å². The van der Waals surface area contributed by atoms with Crippen molar-refractivity contribution in [3.05, 3.63) is 64.8 Å². The molecule has 0 saturated carbocycles. The molecule has 0 amide bonds. The van der Waals surface area contributed by atoms with E-state index in [0.717, 1.165) is 34.9 Å². The number of rotatable bonds is 6. The smallest absolute Gasteiger partial charge is 0.248 e. The Balaban J connectivity index is 0.00000289. The number of guanidine groups is 1. The average Bonchev–Trinajstić information content (AvgIpc) is 3.03. The molecule has 1 aliphatic rings. The van der Waals surface area contributed by atoms with Gasteiger partial charge in [-0.25, -0.2) is 4.99 Å². The van der Waals surface area contributed by atoms with Crippen LogP contribution in [0.5, 0.6) is 11.5 Å². The van der Waals surface area contributed by atoms with E-state index >= 15 is 0 Å². The van der Waals surface area contributed by atoms with Gasteiger partial charge in [-0.3, -0.25) is 0 Å². The largest absolute Gasteiger partial charge is 0.490 e. The summed E-state index contributed by atoms with van der Waals surface area (Å²) in [6.45, 7) is 3.99. The molecule has 0 unspecified atom stereocenters. The van der Waals surface area contributed by atoms with Crippen molar-refractivity contribution in [3.8, 4) is 11.5 Å². The Morgan fingerprint density at radius 1 is 1.12 bits per heavy atom. The van der Waals surface area contributed by atoms with Gasteiger partial charge >= 0.3 is 0 Å². The van der Waals surface area contributed by atoms with Gasteiger partial charge in [0.05, 0.1) is 13.2 Å². The van der Waals surface area contributed by atoms with Gasteiger partial charge < -0.3 is 24.6 Å². The number of aliphatic imine (C=N–C) groups is 1. The van der Waals surface area contributed by atoms with Crippen LogP contribution >= 0.6 is 35.6 Å². The lowest BCUT2D eigenvalue weighted by atomic mass is 10.1. The summed E-state index contributed by atoms with van der Waals surface area (Å²) in [5, 5.41) is 11.2. The molecule has 2 aromatic carbocycles. The highest BCUT2D eigenvalue weighted by Gasteiger charge is 2.12. The van der Waals surface area contributed by atoms with Crippen LogP contribution in [0.2, 0.25) is 5.02 Å². The van der Waals surface area contributed by atoms with Crippen LogP contribution in [0.1, 0.15) is 23.7 Å². The van der Waals surface area contributed by atoms with E-state index in [-0.39, 0.29) is 30.5 Å². The Hall–Kier alpha value is -2.53. The number of ether oxygens (including phenoxy) is 2. The molecule has 0 saturated heterocycles. The van der Waals surface area contributed by atoms with Crippen LogP contribution in [-0.2, 0) is 13.0 Å². The first-order chi connectivity index (χ1) is 15.2. The highest BCUT2D eigenvalue weighted by Crippen LogP contribution is 2.32. The third-order valence-corrected chi connectivity index (χ3v) is 4.78. The summed E-state index contributed by atoms with van der Waals surface area (Å²) in [4.78, 5) is 8.79. The Morgan fingerprint density at radius 2 is 1.97 bits per heavy atom. The van der Waals surface area contributed by atoms with E-state index in [1.807, 2.05) is 42.5 Å². The number of anilines is 1. The van der Waals surface area contributed by atoms with E-state index in [2.05, 4.69) is 25.8 Å². The molecule has 10 heteroatoms. The zero-order chi connectivity index (χ0) is 21.5. The molecule has 0 fully saturated rings. The maximum atomic E-state index is 6.08. The van der Waals surface area contributed by atoms with Gasteiger partial charge in [0.2, 0.25) is 5.89 Å². The maximum Gasteiger partial charge on any atom is 0.248 e. The second kappa shape index (κ2) is 11.9. The molecule has 0 spiro atoms. The lowest BCUT2D eigenvalue weighted by Gasteiger charge is -2.14. The summed E-state index contributed by atoms with van der Waals surface area (Å²) in [6, 6.07) is 13.5. The third-order valence-electron chi connectivity index (χ3n) is 4.55. The van der Waals surface area contributed by atoms with Crippen molar-refractivity contribution in [2.24, 2.45) is 4.99 Å². The monoisotopic (exact) mass is 569 g/mol. The first kappa shape index (κ1) is 24.1. The summed E-state index contributed by atoms with van der Waals surface area (Å²) in [6.07, 6.45) is 1.65. The number of hydrogen-bond donors (Lipinski definition) is 2. The number of benzene rings is 2. The van der Waals surface area contributed by atoms with Crippen molar-refractivity contribution in [1.82, 2.24) is 15.5 Å². The fraction of sp³-hybridized carbons (Fsp3) is 0.318. The Bertz CT molecular complexity index is 1060. The molecular formula is C22H25ClIN5O3. The molecule has 8 nitrogen and oxygen atoms in total. The van der Waals surface area contributed by atoms with Crippen molar-refractivity contribution in [1.29, 1.82) is 0 Å². The summed E-state index contributed by atoms with van der Waals surface area (Å²) in [7, 11) is 0. The number of aryl methyl sites for hydroxylation is 1. The van der Waals surface area contributed by atoms with E-state index in [1.165, 1.54) is 0 Å². The van der Waals surface area contributed by atoms with Gasteiger partial charge in [-0.2, -0.15) is 4.98 Å². The van der Waals surface area contributed by atoms with Crippen molar-refractivity contribution in [2.75, 3.05) is 25.1 Å². The molecule has 170 valence electrons. The molecule has 0 atom stereocenters. The third kappa shape index (κ3) is 6.99. The fourth-order valence-electron chi connectivity index (χ4n) is 3.09. The van der Waals surface area contributed by atoms with Crippen LogP contribution in [0.25, 0.3) is 0 Å². The molecule has 0 bridgehead atoms. The Morgan fingerprint density at radius 3 is 2.75 bits per heavy atom. The molecule has 0 radical (unpaired) electrons. The summed E-state index contributed by atoms with van der Waals surface area (Å²) in [5.74, 6) is 3.08. The Kier molecular flexibility index (Phi) is 8.98. The second-order valence-electron chi connectivity index (χ2n) is 7.04. The number of aromatic nitrogens is 2. The molecule has 4 rings (SSSR count).